The Morgan fingerprint density at radius 3 is 2.38 bits per heavy atom. The third-order valence-corrected chi connectivity index (χ3v) is 4.83. The second-order valence-electron chi connectivity index (χ2n) is 6.65. The van der Waals surface area contributed by atoms with Gasteiger partial charge in [-0.3, -0.25) is 9.36 Å². The van der Waals surface area contributed by atoms with Crippen molar-refractivity contribution in [1.29, 1.82) is 0 Å². The van der Waals surface area contributed by atoms with Crippen molar-refractivity contribution < 1.29 is 22.4 Å². The second-order valence-corrected chi connectivity index (χ2v) is 6.65. The van der Waals surface area contributed by atoms with E-state index in [-0.39, 0.29) is 24.4 Å². The molecule has 4 rings (SSSR count). The molecule has 0 radical (unpaired) electrons. The summed E-state index contributed by atoms with van der Waals surface area (Å²) in [6.45, 7) is 3.20. The lowest BCUT2D eigenvalue weighted by Crippen LogP contribution is -2.52. The number of carbonyl (C=O) groups is 1. The van der Waals surface area contributed by atoms with Gasteiger partial charge in [0.2, 0.25) is 0 Å². The summed E-state index contributed by atoms with van der Waals surface area (Å²) in [5.74, 6) is -1.91. The van der Waals surface area contributed by atoms with E-state index < -0.39 is 35.2 Å². The molecule has 150 valence electrons. The molecule has 1 fully saturated rings. The van der Waals surface area contributed by atoms with Gasteiger partial charge in [0.15, 0.2) is 11.5 Å². The molecular weight excluding hydrogens is 392 g/mol. The molecule has 0 atom stereocenters. The summed E-state index contributed by atoms with van der Waals surface area (Å²) in [5, 5.41) is 0. The molecule has 1 aliphatic heterocycles. The first-order valence-electron chi connectivity index (χ1n) is 8.58. The predicted molar refractivity (Wildman–Crippen MR) is 96.2 cm³/mol. The molecule has 1 saturated heterocycles. The zero-order valence-corrected chi connectivity index (χ0v) is 14.9. The van der Waals surface area contributed by atoms with Crippen molar-refractivity contribution in [3.8, 4) is 5.69 Å². The van der Waals surface area contributed by atoms with E-state index in [9.17, 15) is 27.2 Å². The Labute approximate surface area is 161 Å². The number of nitrogens with zero attached hydrogens (tertiary/aromatic N) is 4. The molecule has 0 aliphatic carbocycles. The Kier molecular flexibility index (Phi) is 4.29. The van der Waals surface area contributed by atoms with E-state index in [0.717, 1.165) is 12.1 Å². The van der Waals surface area contributed by atoms with Crippen LogP contribution in [0.15, 0.2) is 59.8 Å². The monoisotopic (exact) mass is 406 g/mol. The lowest BCUT2D eigenvalue weighted by molar-refractivity contribution is -0.137. The van der Waals surface area contributed by atoms with Crippen LogP contribution in [-0.4, -0.2) is 38.0 Å². The zero-order chi connectivity index (χ0) is 20.9. The van der Waals surface area contributed by atoms with Gasteiger partial charge in [0.25, 0.3) is 5.91 Å². The van der Waals surface area contributed by atoms with Crippen molar-refractivity contribution >= 4 is 17.1 Å². The molecule has 0 bridgehead atoms. The molecule has 0 spiro atoms. The van der Waals surface area contributed by atoms with E-state index in [1.54, 1.807) is 12.1 Å². The number of amides is 1. The van der Waals surface area contributed by atoms with Gasteiger partial charge in [-0.15, -0.1) is 0 Å². The molecule has 1 amide bonds. The highest BCUT2D eigenvalue weighted by molar-refractivity contribution is 5.91. The van der Waals surface area contributed by atoms with Crippen LogP contribution in [0.25, 0.3) is 16.9 Å². The van der Waals surface area contributed by atoms with Crippen LogP contribution in [0.5, 0.6) is 0 Å². The Bertz CT molecular complexity index is 1170. The van der Waals surface area contributed by atoms with Crippen molar-refractivity contribution in [2.75, 3.05) is 13.1 Å². The van der Waals surface area contributed by atoms with E-state index in [4.69, 9.17) is 0 Å². The topological polar surface area (TPSA) is 60.1 Å². The summed E-state index contributed by atoms with van der Waals surface area (Å²) in [6.07, 6.45) is -3.02. The molecule has 1 aliphatic rings. The lowest BCUT2D eigenvalue weighted by Gasteiger charge is -2.39. The lowest BCUT2D eigenvalue weighted by atomic mass is 10.1. The summed E-state index contributed by atoms with van der Waals surface area (Å²) >= 11 is 0. The summed E-state index contributed by atoms with van der Waals surface area (Å²) < 4.78 is 54.1. The first-order valence-corrected chi connectivity index (χ1v) is 8.58. The van der Waals surface area contributed by atoms with Crippen molar-refractivity contribution in [2.24, 2.45) is 0 Å². The van der Waals surface area contributed by atoms with Gasteiger partial charge >= 0.3 is 11.9 Å². The van der Waals surface area contributed by atoms with Crippen LogP contribution in [0.1, 0.15) is 11.6 Å². The number of benzene rings is 1. The standard InChI is InChI=1S/C19H14F4N4O2/c1-11(20)17(28)25-9-14(10-25)26-15-3-2-8-24-16(15)27(18(26)29)13-6-4-12(5-7-13)19(21,22)23/h2-8,14H,1,9-10H2. The molecular formula is C19H14F4N4O2. The number of hydrogen-bond acceptors (Lipinski definition) is 3. The normalized spacial score (nSPS) is 14.8. The highest BCUT2D eigenvalue weighted by Crippen LogP contribution is 2.30. The van der Waals surface area contributed by atoms with Gasteiger partial charge in [-0.2, -0.15) is 13.2 Å². The van der Waals surface area contributed by atoms with E-state index in [1.807, 2.05) is 0 Å². The van der Waals surface area contributed by atoms with Gasteiger partial charge in [0, 0.05) is 19.3 Å². The largest absolute Gasteiger partial charge is 0.416 e. The first-order chi connectivity index (χ1) is 13.7. The van der Waals surface area contributed by atoms with Gasteiger partial charge in [0.1, 0.15) is 0 Å². The maximum Gasteiger partial charge on any atom is 0.416 e. The number of likely N-dealkylation sites (tertiary alicyclic amines) is 1. The minimum atomic E-state index is -4.49. The fourth-order valence-electron chi connectivity index (χ4n) is 3.39. The third-order valence-electron chi connectivity index (χ3n) is 4.83. The minimum absolute atomic E-state index is 0.114. The van der Waals surface area contributed by atoms with Crippen LogP contribution in [-0.2, 0) is 11.0 Å². The average Bonchev–Trinajstić information content (AvgIpc) is 2.92. The van der Waals surface area contributed by atoms with Crippen molar-refractivity contribution in [1.82, 2.24) is 19.0 Å². The summed E-state index contributed by atoms with van der Waals surface area (Å²) in [5.41, 5.74) is -0.361. The molecule has 3 heterocycles. The predicted octanol–water partition coefficient (Wildman–Crippen LogP) is 3.07. The smallest absolute Gasteiger partial charge is 0.332 e. The van der Waals surface area contributed by atoms with Crippen LogP contribution in [0, 0.1) is 0 Å². The zero-order valence-electron chi connectivity index (χ0n) is 14.9. The Morgan fingerprint density at radius 1 is 1.14 bits per heavy atom. The number of carbonyl (C=O) groups excluding carboxylic acids is 1. The summed E-state index contributed by atoms with van der Waals surface area (Å²) in [4.78, 5) is 30.1. The van der Waals surface area contributed by atoms with Crippen LogP contribution in [0.4, 0.5) is 17.6 Å². The number of halogens is 4. The number of aromatic nitrogens is 3. The molecule has 29 heavy (non-hydrogen) atoms. The van der Waals surface area contributed by atoms with Crippen LogP contribution >= 0.6 is 0 Å². The van der Waals surface area contributed by atoms with Gasteiger partial charge < -0.3 is 4.90 Å². The summed E-state index contributed by atoms with van der Waals surface area (Å²) in [7, 11) is 0. The molecule has 3 aromatic rings. The summed E-state index contributed by atoms with van der Waals surface area (Å²) in [6, 6.07) is 7.06. The Morgan fingerprint density at radius 2 is 1.79 bits per heavy atom. The molecule has 0 saturated carbocycles. The molecule has 1 aromatic carbocycles. The van der Waals surface area contributed by atoms with E-state index in [1.165, 1.54) is 32.4 Å². The SMILES string of the molecule is C=C(F)C(=O)N1CC(n2c(=O)n(-c3ccc(C(F)(F)F)cc3)c3ncccc32)C1. The number of imidazole rings is 1. The Hall–Kier alpha value is -3.43. The van der Waals surface area contributed by atoms with Crippen LogP contribution in [0.3, 0.4) is 0 Å². The highest BCUT2D eigenvalue weighted by atomic mass is 19.4. The van der Waals surface area contributed by atoms with Gasteiger partial charge in [-0.25, -0.2) is 18.7 Å². The maximum absolute atomic E-state index is 13.1. The number of alkyl halides is 3. The van der Waals surface area contributed by atoms with E-state index >= 15 is 0 Å². The molecule has 2 aromatic heterocycles. The van der Waals surface area contributed by atoms with Gasteiger partial charge in [0.05, 0.1) is 22.8 Å². The third kappa shape index (κ3) is 3.10. The fourth-order valence-corrected chi connectivity index (χ4v) is 3.39. The van der Waals surface area contributed by atoms with Gasteiger partial charge in [-0.1, -0.05) is 6.58 Å². The van der Waals surface area contributed by atoms with E-state index in [0.29, 0.717) is 5.52 Å². The number of pyridine rings is 1. The quantitative estimate of drug-likeness (QED) is 0.496. The fraction of sp³-hybridized carbons (Fsp3) is 0.211. The van der Waals surface area contributed by atoms with Crippen molar-refractivity contribution in [3.63, 3.8) is 0 Å². The average molecular weight is 406 g/mol. The van der Waals surface area contributed by atoms with Crippen molar-refractivity contribution in [3.05, 3.63) is 71.0 Å². The number of fused-ring (bicyclic) bond motifs is 1. The molecule has 0 N–H and O–H groups in total. The van der Waals surface area contributed by atoms with Gasteiger partial charge in [-0.05, 0) is 36.4 Å². The molecule has 6 nitrogen and oxygen atoms in total. The second kappa shape index (κ2) is 6.57. The van der Waals surface area contributed by atoms with Crippen LogP contribution in [0.2, 0.25) is 0 Å². The van der Waals surface area contributed by atoms with Crippen molar-refractivity contribution in [2.45, 2.75) is 12.2 Å². The Balaban J connectivity index is 1.76. The number of hydrogen-bond donors (Lipinski definition) is 0. The maximum atomic E-state index is 13.1. The number of rotatable bonds is 3. The molecule has 0 unspecified atom stereocenters. The molecule has 10 heteroatoms. The minimum Gasteiger partial charge on any atom is -0.332 e. The highest BCUT2D eigenvalue weighted by Gasteiger charge is 2.36. The van der Waals surface area contributed by atoms with Crippen LogP contribution < -0.4 is 5.69 Å². The van der Waals surface area contributed by atoms with E-state index in [2.05, 4.69) is 11.6 Å². The first kappa shape index (κ1) is 18.9.